The minimum atomic E-state index is -0.116. The maximum atomic E-state index is 12.4. The predicted molar refractivity (Wildman–Crippen MR) is 107 cm³/mol. The lowest BCUT2D eigenvalue weighted by Gasteiger charge is -2.21. The number of ketones is 1. The first-order valence-corrected chi connectivity index (χ1v) is 8.94. The van der Waals surface area contributed by atoms with Gasteiger partial charge in [-0.3, -0.25) is 15.2 Å². The largest absolute Gasteiger partial charge is 0.493 e. The lowest BCUT2D eigenvalue weighted by molar-refractivity contribution is 0.102. The van der Waals surface area contributed by atoms with Crippen LogP contribution in [-0.2, 0) is 0 Å². The van der Waals surface area contributed by atoms with Crippen LogP contribution in [0.4, 0.5) is 5.69 Å². The number of methoxy groups -OCH3 is 2. The van der Waals surface area contributed by atoms with E-state index in [-0.39, 0.29) is 16.7 Å². The monoisotopic (exact) mass is 373 g/mol. The third kappa shape index (κ3) is 4.56. The molecule has 6 nitrogen and oxygen atoms in total. The number of benzene rings is 2. The van der Waals surface area contributed by atoms with Crippen molar-refractivity contribution in [3.8, 4) is 11.5 Å². The minimum Gasteiger partial charge on any atom is -0.493 e. The Kier molecular flexibility index (Phi) is 6.65. The van der Waals surface area contributed by atoms with E-state index < -0.39 is 0 Å². The molecule has 7 heteroatoms. The molecule has 0 aliphatic heterocycles. The van der Waals surface area contributed by atoms with Gasteiger partial charge < -0.3 is 9.47 Å². The van der Waals surface area contributed by atoms with Gasteiger partial charge in [-0.05, 0) is 43.7 Å². The molecule has 0 aromatic heterocycles. The van der Waals surface area contributed by atoms with Gasteiger partial charge in [0.05, 0.1) is 25.7 Å². The summed E-state index contributed by atoms with van der Waals surface area (Å²) >= 11 is 1.08. The molecule has 0 aliphatic carbocycles. The number of hydrogen-bond acceptors (Lipinski definition) is 6. The van der Waals surface area contributed by atoms with Crippen molar-refractivity contribution in [3.05, 3.63) is 53.1 Å². The Morgan fingerprint density at radius 1 is 1.12 bits per heavy atom. The second kappa shape index (κ2) is 8.73. The first-order valence-electron chi connectivity index (χ1n) is 7.96. The van der Waals surface area contributed by atoms with E-state index in [0.29, 0.717) is 17.1 Å². The van der Waals surface area contributed by atoms with Gasteiger partial charge in [0.1, 0.15) is 0 Å². The Bertz CT molecular complexity index is 824. The van der Waals surface area contributed by atoms with E-state index in [1.165, 1.54) is 12.1 Å². The van der Waals surface area contributed by atoms with Crippen LogP contribution >= 0.6 is 11.8 Å². The van der Waals surface area contributed by atoms with Crippen LogP contribution in [0.1, 0.15) is 21.5 Å². The van der Waals surface area contributed by atoms with E-state index in [4.69, 9.17) is 20.7 Å². The van der Waals surface area contributed by atoms with E-state index in [0.717, 1.165) is 28.6 Å². The van der Waals surface area contributed by atoms with Gasteiger partial charge in [0.15, 0.2) is 22.4 Å². The molecule has 26 heavy (non-hydrogen) atoms. The Morgan fingerprint density at radius 3 is 2.42 bits per heavy atom. The fourth-order valence-electron chi connectivity index (χ4n) is 2.48. The van der Waals surface area contributed by atoms with Gasteiger partial charge >= 0.3 is 0 Å². The van der Waals surface area contributed by atoms with Gasteiger partial charge in [0.2, 0.25) is 0 Å². The van der Waals surface area contributed by atoms with Gasteiger partial charge in [-0.25, -0.2) is 5.84 Å². The van der Waals surface area contributed by atoms with Crippen molar-refractivity contribution in [2.45, 2.75) is 13.8 Å². The van der Waals surface area contributed by atoms with Crippen molar-refractivity contribution < 1.29 is 14.3 Å². The average Bonchev–Trinajstić information content (AvgIpc) is 2.64. The van der Waals surface area contributed by atoms with Gasteiger partial charge in [-0.1, -0.05) is 29.5 Å². The molecule has 0 radical (unpaired) electrons. The zero-order valence-corrected chi connectivity index (χ0v) is 16.1. The molecular weight excluding hydrogens is 350 g/mol. The van der Waals surface area contributed by atoms with Crippen LogP contribution in [0.5, 0.6) is 11.5 Å². The zero-order chi connectivity index (χ0) is 19.3. The first kappa shape index (κ1) is 19.8. The number of amidine groups is 1. The number of nitrogens with two attached hydrogens (primary N) is 1. The number of rotatable bonds is 6. The molecule has 2 rings (SSSR count). The molecule has 0 spiro atoms. The number of hydrazine groups is 1. The summed E-state index contributed by atoms with van der Waals surface area (Å²) in [4.78, 5) is 12.4. The highest BCUT2D eigenvalue weighted by Gasteiger charge is 2.15. The first-order chi connectivity index (χ1) is 12.4. The summed E-state index contributed by atoms with van der Waals surface area (Å²) in [5.74, 6) is 7.08. The fourth-order valence-corrected chi connectivity index (χ4v) is 3.15. The molecular formula is C19H23N3O3S. The van der Waals surface area contributed by atoms with Crippen LogP contribution in [0.15, 0.2) is 36.4 Å². The number of anilines is 1. The number of aryl methyl sites for hydroxylation is 2. The number of Topliss-reactive ketones (excluding diaryl/α,β-unsaturated/α-hetero) is 1. The third-order valence-electron chi connectivity index (χ3n) is 3.88. The molecule has 0 saturated heterocycles. The van der Waals surface area contributed by atoms with Crippen LogP contribution in [0.25, 0.3) is 0 Å². The van der Waals surface area contributed by atoms with Crippen LogP contribution in [-0.4, -0.2) is 30.9 Å². The number of carbonyl (C=O) groups is 1. The normalized spacial score (nSPS) is 10.3. The van der Waals surface area contributed by atoms with E-state index in [1.807, 2.05) is 32.0 Å². The van der Waals surface area contributed by atoms with Crippen molar-refractivity contribution in [2.24, 2.45) is 5.84 Å². The highest BCUT2D eigenvalue weighted by Crippen LogP contribution is 2.28. The molecule has 0 bridgehead atoms. The predicted octanol–water partition coefficient (Wildman–Crippen LogP) is 3.55. The standard InChI is InChI=1S/C19H23N3O3S/c1-12-5-7-15(13(2)9-12)22(21)19(20)26-11-16(23)14-6-8-17(24-3)18(10-14)25-4/h5-10,20H,11,21H2,1-4H3. The third-order valence-corrected chi connectivity index (χ3v) is 4.75. The van der Waals surface area contributed by atoms with Crippen LogP contribution in [0, 0.1) is 19.3 Å². The second-order valence-corrected chi connectivity index (χ2v) is 6.71. The maximum Gasteiger partial charge on any atom is 0.175 e. The fraction of sp³-hybridized carbons (Fsp3) is 0.263. The molecule has 0 unspecified atom stereocenters. The van der Waals surface area contributed by atoms with Crippen molar-refractivity contribution in [1.29, 1.82) is 5.41 Å². The lowest BCUT2D eigenvalue weighted by atomic mass is 10.1. The van der Waals surface area contributed by atoms with Crippen molar-refractivity contribution in [2.75, 3.05) is 25.0 Å². The van der Waals surface area contributed by atoms with Gasteiger partial charge in [-0.2, -0.15) is 0 Å². The smallest absolute Gasteiger partial charge is 0.175 e. The molecule has 0 fully saturated rings. The van der Waals surface area contributed by atoms with E-state index in [9.17, 15) is 4.79 Å². The Morgan fingerprint density at radius 2 is 1.81 bits per heavy atom. The van der Waals surface area contributed by atoms with Crippen LogP contribution in [0.2, 0.25) is 0 Å². The number of thioether (sulfide) groups is 1. The topological polar surface area (TPSA) is 88.6 Å². The molecule has 0 saturated carbocycles. The van der Waals surface area contributed by atoms with E-state index in [2.05, 4.69) is 0 Å². The number of nitrogens with zero attached hydrogens (tertiary/aromatic N) is 1. The summed E-state index contributed by atoms with van der Waals surface area (Å²) in [5.41, 5.74) is 3.34. The van der Waals surface area contributed by atoms with Crippen molar-refractivity contribution in [3.63, 3.8) is 0 Å². The second-order valence-electron chi connectivity index (χ2n) is 5.75. The highest BCUT2D eigenvalue weighted by atomic mass is 32.2. The van der Waals surface area contributed by atoms with Gasteiger partial charge in [-0.15, -0.1) is 0 Å². The molecule has 0 amide bonds. The maximum absolute atomic E-state index is 12.4. The summed E-state index contributed by atoms with van der Waals surface area (Å²) in [6, 6.07) is 10.8. The summed E-state index contributed by atoms with van der Waals surface area (Å²) in [5, 5.41) is 9.54. The molecule has 3 N–H and O–H groups in total. The Labute approximate surface area is 157 Å². The Balaban J connectivity index is 2.03. The van der Waals surface area contributed by atoms with Crippen molar-refractivity contribution >= 4 is 28.4 Å². The minimum absolute atomic E-state index is 0.103. The summed E-state index contributed by atoms with van der Waals surface area (Å²) < 4.78 is 10.4. The van der Waals surface area contributed by atoms with E-state index in [1.54, 1.807) is 25.3 Å². The summed E-state index contributed by atoms with van der Waals surface area (Å²) in [6.45, 7) is 3.94. The SMILES string of the molecule is COc1ccc(C(=O)CSC(=N)N(N)c2ccc(C)cc2C)cc1OC. The van der Waals surface area contributed by atoms with Crippen LogP contribution < -0.4 is 20.3 Å². The molecule has 138 valence electrons. The number of carbonyl (C=O) groups excluding carboxylic acids is 1. The van der Waals surface area contributed by atoms with E-state index >= 15 is 0 Å². The van der Waals surface area contributed by atoms with Crippen LogP contribution in [0.3, 0.4) is 0 Å². The average molecular weight is 373 g/mol. The van der Waals surface area contributed by atoms with Crippen molar-refractivity contribution in [1.82, 2.24) is 0 Å². The molecule has 0 aliphatic rings. The summed E-state index contributed by atoms with van der Waals surface area (Å²) in [6.07, 6.45) is 0. The molecule has 2 aromatic carbocycles. The molecule has 2 aromatic rings. The molecule has 0 heterocycles. The highest BCUT2D eigenvalue weighted by molar-refractivity contribution is 8.14. The summed E-state index contributed by atoms with van der Waals surface area (Å²) in [7, 11) is 3.06. The zero-order valence-electron chi connectivity index (χ0n) is 15.3. The molecule has 0 atom stereocenters. The Hall–Kier alpha value is -2.51. The number of ether oxygens (including phenoxy) is 2. The number of nitrogens with one attached hydrogen (secondary N) is 1. The lowest BCUT2D eigenvalue weighted by Crippen LogP contribution is -2.36. The van der Waals surface area contributed by atoms with Gasteiger partial charge in [0.25, 0.3) is 0 Å². The number of hydrogen-bond donors (Lipinski definition) is 2. The van der Waals surface area contributed by atoms with Gasteiger partial charge in [0, 0.05) is 5.56 Å². The quantitative estimate of drug-likeness (QED) is 0.265.